The van der Waals surface area contributed by atoms with Crippen LogP contribution in [0, 0.1) is 5.82 Å². The Hall–Kier alpha value is -0.980. The molecule has 1 aromatic rings. The number of rotatable bonds is 4. The van der Waals surface area contributed by atoms with E-state index in [9.17, 15) is 12.8 Å². The Morgan fingerprint density at radius 2 is 1.83 bits per heavy atom. The second-order valence-electron chi connectivity index (χ2n) is 7.21. The zero-order chi connectivity index (χ0) is 17.4. The first-order valence-corrected chi connectivity index (χ1v) is 10.3. The van der Waals surface area contributed by atoms with Gasteiger partial charge in [-0.2, -0.15) is 4.31 Å². The van der Waals surface area contributed by atoms with Crippen molar-refractivity contribution in [3.63, 3.8) is 0 Å². The summed E-state index contributed by atoms with van der Waals surface area (Å²) in [4.78, 5) is 2.45. The lowest BCUT2D eigenvalue weighted by Crippen LogP contribution is -2.48. The van der Waals surface area contributed by atoms with Crippen molar-refractivity contribution in [1.82, 2.24) is 9.21 Å². The van der Waals surface area contributed by atoms with Crippen LogP contribution >= 0.6 is 0 Å². The fraction of sp³-hybridized carbons (Fsp3) is 0.667. The second kappa shape index (κ2) is 6.73. The van der Waals surface area contributed by atoms with Crippen molar-refractivity contribution >= 4 is 10.0 Å². The molecule has 1 saturated carbocycles. The smallest absolute Gasteiger partial charge is 0.243 e. The molecule has 6 heteroatoms. The molecule has 1 saturated heterocycles. The van der Waals surface area contributed by atoms with Crippen molar-refractivity contribution in [3.05, 3.63) is 30.1 Å². The highest BCUT2D eigenvalue weighted by Crippen LogP contribution is 2.45. The lowest BCUT2D eigenvalue weighted by molar-refractivity contribution is 0.168. The van der Waals surface area contributed by atoms with Gasteiger partial charge in [0.2, 0.25) is 10.0 Å². The third-order valence-electron chi connectivity index (χ3n) is 5.83. The van der Waals surface area contributed by atoms with Crippen LogP contribution in [0.2, 0.25) is 0 Å². The van der Waals surface area contributed by atoms with Gasteiger partial charge in [-0.1, -0.05) is 26.2 Å². The molecular formula is C18H27FN2O2S. The van der Waals surface area contributed by atoms with Crippen molar-refractivity contribution in [2.45, 2.75) is 61.9 Å². The normalized spacial score (nSPS) is 24.8. The molecule has 1 aromatic carbocycles. The summed E-state index contributed by atoms with van der Waals surface area (Å²) in [5, 5.41) is 0. The second-order valence-corrected chi connectivity index (χ2v) is 9.07. The molecule has 0 N–H and O–H groups in total. The van der Waals surface area contributed by atoms with Crippen LogP contribution in [0.25, 0.3) is 0 Å². The Morgan fingerprint density at radius 1 is 1.21 bits per heavy atom. The highest BCUT2D eigenvalue weighted by atomic mass is 32.2. The molecule has 2 aliphatic rings. The average molecular weight is 354 g/mol. The molecule has 1 heterocycles. The minimum absolute atomic E-state index is 0.202. The monoisotopic (exact) mass is 354 g/mol. The van der Waals surface area contributed by atoms with Gasteiger partial charge in [-0.15, -0.1) is 0 Å². The van der Waals surface area contributed by atoms with Crippen LogP contribution in [-0.2, 0) is 10.0 Å². The quantitative estimate of drug-likeness (QED) is 0.833. The van der Waals surface area contributed by atoms with E-state index >= 15 is 0 Å². The van der Waals surface area contributed by atoms with Gasteiger partial charge in [0.25, 0.3) is 0 Å². The molecule has 24 heavy (non-hydrogen) atoms. The van der Waals surface area contributed by atoms with Crippen molar-refractivity contribution in [1.29, 1.82) is 0 Å². The van der Waals surface area contributed by atoms with Gasteiger partial charge in [0.15, 0.2) is 0 Å². The van der Waals surface area contributed by atoms with Crippen LogP contribution in [0.15, 0.2) is 29.2 Å². The zero-order valence-electron chi connectivity index (χ0n) is 14.5. The molecule has 134 valence electrons. The van der Waals surface area contributed by atoms with Crippen molar-refractivity contribution in [2.75, 3.05) is 20.1 Å². The van der Waals surface area contributed by atoms with E-state index in [0.29, 0.717) is 6.54 Å². The van der Waals surface area contributed by atoms with Gasteiger partial charge in [0, 0.05) is 18.1 Å². The Bertz CT molecular complexity index is 669. The molecule has 1 atom stereocenters. The number of hydrogen-bond acceptors (Lipinski definition) is 3. The number of hydrogen-bond donors (Lipinski definition) is 0. The molecule has 1 spiro atoms. The summed E-state index contributed by atoms with van der Waals surface area (Å²) in [7, 11) is -1.53. The molecular weight excluding hydrogens is 327 g/mol. The Labute approximate surface area is 144 Å². The lowest BCUT2D eigenvalue weighted by Gasteiger charge is -2.40. The number of benzene rings is 1. The molecule has 4 nitrogen and oxygen atoms in total. The van der Waals surface area contributed by atoms with Gasteiger partial charge in [-0.25, -0.2) is 12.8 Å². The Balaban J connectivity index is 1.97. The van der Waals surface area contributed by atoms with E-state index in [2.05, 4.69) is 18.9 Å². The molecule has 2 fully saturated rings. The van der Waals surface area contributed by atoms with Crippen LogP contribution in [0.4, 0.5) is 4.39 Å². The highest BCUT2D eigenvalue weighted by Gasteiger charge is 2.52. The van der Waals surface area contributed by atoms with Gasteiger partial charge in [-0.05, 0) is 57.1 Å². The third kappa shape index (κ3) is 3.11. The first-order valence-electron chi connectivity index (χ1n) is 8.88. The first kappa shape index (κ1) is 17.8. The number of nitrogens with zero attached hydrogens (tertiary/aromatic N) is 2. The van der Waals surface area contributed by atoms with E-state index in [0.717, 1.165) is 38.6 Å². The van der Waals surface area contributed by atoms with Gasteiger partial charge < -0.3 is 4.90 Å². The van der Waals surface area contributed by atoms with Crippen molar-refractivity contribution in [3.8, 4) is 0 Å². The van der Waals surface area contributed by atoms with E-state index in [1.165, 1.54) is 30.7 Å². The van der Waals surface area contributed by atoms with E-state index in [4.69, 9.17) is 0 Å². The fourth-order valence-corrected chi connectivity index (χ4v) is 6.16. The maximum absolute atomic E-state index is 13.3. The Kier molecular flexibility index (Phi) is 5.00. The van der Waals surface area contributed by atoms with Crippen LogP contribution in [0.5, 0.6) is 0 Å². The standard InChI is InChI=1S/C18H27FN2O2S/c1-3-20(2)16-13-18(11-5-4-6-12-18)21(14-16)24(22,23)17-9-7-15(19)8-10-17/h7-10,16H,3-6,11-14H2,1-2H3/t16-/m1/s1. The largest absolute Gasteiger partial charge is 0.302 e. The summed E-state index contributed by atoms with van der Waals surface area (Å²) < 4.78 is 41.5. The fourth-order valence-electron chi connectivity index (χ4n) is 4.29. The number of likely N-dealkylation sites (N-methyl/N-ethyl adjacent to an activating group) is 1. The number of halogens is 1. The molecule has 0 bridgehead atoms. The lowest BCUT2D eigenvalue weighted by atomic mass is 9.80. The molecule has 0 amide bonds. The topological polar surface area (TPSA) is 40.6 Å². The zero-order valence-corrected chi connectivity index (χ0v) is 15.4. The maximum Gasteiger partial charge on any atom is 0.243 e. The van der Waals surface area contributed by atoms with E-state index < -0.39 is 15.8 Å². The van der Waals surface area contributed by atoms with Gasteiger partial charge in [0.1, 0.15) is 5.82 Å². The maximum atomic E-state index is 13.3. The number of sulfonamides is 1. The molecule has 1 aliphatic carbocycles. The summed E-state index contributed by atoms with van der Waals surface area (Å²) >= 11 is 0. The molecule has 0 aromatic heterocycles. The van der Waals surface area contributed by atoms with Crippen molar-refractivity contribution in [2.24, 2.45) is 0 Å². The van der Waals surface area contributed by atoms with Gasteiger partial charge in [-0.3, -0.25) is 0 Å². The molecule has 0 radical (unpaired) electrons. The first-order chi connectivity index (χ1) is 11.4. The minimum Gasteiger partial charge on any atom is -0.302 e. The summed E-state index contributed by atoms with van der Waals surface area (Å²) in [6.45, 7) is 3.54. The Morgan fingerprint density at radius 3 is 2.42 bits per heavy atom. The van der Waals surface area contributed by atoms with Crippen LogP contribution in [-0.4, -0.2) is 49.3 Å². The SMILES string of the molecule is CCN(C)[C@H]1CN(S(=O)(=O)c2ccc(F)cc2)C2(CCCCC2)C1. The van der Waals surface area contributed by atoms with Gasteiger partial charge >= 0.3 is 0 Å². The van der Waals surface area contributed by atoms with E-state index in [-0.39, 0.29) is 16.5 Å². The predicted molar refractivity (Wildman–Crippen MR) is 92.8 cm³/mol. The summed E-state index contributed by atoms with van der Waals surface area (Å²) in [6, 6.07) is 5.48. The van der Waals surface area contributed by atoms with E-state index in [1.54, 1.807) is 4.31 Å². The average Bonchev–Trinajstić information content (AvgIpc) is 2.95. The summed E-state index contributed by atoms with van der Waals surface area (Å²) in [6.07, 6.45) is 6.11. The molecule has 0 unspecified atom stereocenters. The van der Waals surface area contributed by atoms with Crippen LogP contribution in [0.3, 0.4) is 0 Å². The molecule has 3 rings (SSSR count). The van der Waals surface area contributed by atoms with Crippen LogP contribution in [0.1, 0.15) is 45.4 Å². The van der Waals surface area contributed by atoms with Gasteiger partial charge in [0.05, 0.1) is 4.90 Å². The van der Waals surface area contributed by atoms with E-state index in [1.807, 2.05) is 0 Å². The summed E-state index contributed by atoms with van der Waals surface area (Å²) in [5.74, 6) is -0.411. The minimum atomic E-state index is -3.60. The summed E-state index contributed by atoms with van der Waals surface area (Å²) in [5.41, 5.74) is -0.264. The molecule has 1 aliphatic heterocycles. The predicted octanol–water partition coefficient (Wildman–Crippen LogP) is 3.24. The third-order valence-corrected chi connectivity index (χ3v) is 7.81. The highest BCUT2D eigenvalue weighted by molar-refractivity contribution is 7.89. The van der Waals surface area contributed by atoms with Crippen LogP contribution < -0.4 is 0 Å². The van der Waals surface area contributed by atoms with Crippen molar-refractivity contribution < 1.29 is 12.8 Å².